The number of hydrogen-bond acceptors (Lipinski definition) is 5. The summed E-state index contributed by atoms with van der Waals surface area (Å²) in [5.41, 5.74) is 0. The number of aliphatic hydroxyl groups is 1. The van der Waals surface area contributed by atoms with Crippen molar-refractivity contribution in [1.29, 1.82) is 0 Å². The summed E-state index contributed by atoms with van der Waals surface area (Å²) in [6.45, 7) is -1.58. The Morgan fingerprint density at radius 3 is 2.00 bits per heavy atom. The smallest absolute Gasteiger partial charge is 0.394 e. The van der Waals surface area contributed by atoms with Gasteiger partial charge in [0.05, 0.1) is 39.6 Å². The molecule has 5 nitrogen and oxygen atoms in total. The van der Waals surface area contributed by atoms with E-state index < -0.39 is 37.5 Å². The molecule has 1 saturated heterocycles. The SMILES string of the molecule is C.OCCOCCOCC1COC(C(F)(F)F)(C(F)(F)F)O1. The van der Waals surface area contributed by atoms with E-state index in [1.807, 2.05) is 0 Å². The minimum absolute atomic E-state index is 0. The third-order valence-electron chi connectivity index (χ3n) is 2.46. The van der Waals surface area contributed by atoms with Gasteiger partial charge >= 0.3 is 18.1 Å². The molecule has 0 aromatic carbocycles. The number of aliphatic hydroxyl groups excluding tert-OH is 1. The van der Waals surface area contributed by atoms with Gasteiger partial charge in [-0.05, 0) is 0 Å². The van der Waals surface area contributed by atoms with Crippen LogP contribution in [-0.2, 0) is 18.9 Å². The van der Waals surface area contributed by atoms with E-state index in [-0.39, 0.29) is 33.9 Å². The fraction of sp³-hybridized carbons (Fsp3) is 1.00. The summed E-state index contributed by atoms with van der Waals surface area (Å²) in [4.78, 5) is 0. The second-order valence-corrected chi connectivity index (χ2v) is 4.07. The van der Waals surface area contributed by atoms with E-state index in [0.29, 0.717) is 0 Å². The third kappa shape index (κ3) is 4.95. The molecule has 0 aliphatic carbocycles. The molecule has 0 aromatic rings. The van der Waals surface area contributed by atoms with Gasteiger partial charge in [0, 0.05) is 0 Å². The number of ether oxygens (including phenoxy) is 4. The summed E-state index contributed by atoms with van der Waals surface area (Å²) in [6.07, 6.45) is -13.0. The number of rotatable bonds is 7. The molecular formula is C11H18F6O5. The van der Waals surface area contributed by atoms with Crippen LogP contribution in [0.2, 0.25) is 0 Å². The van der Waals surface area contributed by atoms with Crippen molar-refractivity contribution in [2.75, 3.05) is 39.6 Å². The van der Waals surface area contributed by atoms with Crippen molar-refractivity contribution in [1.82, 2.24) is 0 Å². The Morgan fingerprint density at radius 2 is 1.55 bits per heavy atom. The van der Waals surface area contributed by atoms with Crippen molar-refractivity contribution < 1.29 is 50.4 Å². The van der Waals surface area contributed by atoms with Gasteiger partial charge < -0.3 is 24.1 Å². The zero-order valence-electron chi connectivity index (χ0n) is 10.7. The number of halogens is 6. The lowest BCUT2D eigenvalue weighted by molar-refractivity contribution is -0.443. The van der Waals surface area contributed by atoms with Crippen LogP contribution in [0, 0.1) is 0 Å². The van der Waals surface area contributed by atoms with Crippen molar-refractivity contribution in [3.05, 3.63) is 0 Å². The van der Waals surface area contributed by atoms with Gasteiger partial charge in [0.1, 0.15) is 6.10 Å². The molecule has 1 aliphatic rings. The molecule has 0 radical (unpaired) electrons. The molecule has 1 rings (SSSR count). The molecule has 11 heteroatoms. The lowest BCUT2D eigenvalue weighted by Crippen LogP contribution is -2.58. The van der Waals surface area contributed by atoms with E-state index in [9.17, 15) is 26.3 Å². The molecule has 0 amide bonds. The monoisotopic (exact) mass is 344 g/mol. The van der Waals surface area contributed by atoms with E-state index in [0.717, 1.165) is 0 Å². The topological polar surface area (TPSA) is 57.2 Å². The van der Waals surface area contributed by atoms with E-state index in [2.05, 4.69) is 9.47 Å². The summed E-state index contributed by atoms with van der Waals surface area (Å²) >= 11 is 0. The average Bonchev–Trinajstić information content (AvgIpc) is 2.78. The van der Waals surface area contributed by atoms with Crippen LogP contribution in [0.3, 0.4) is 0 Å². The second-order valence-electron chi connectivity index (χ2n) is 4.07. The van der Waals surface area contributed by atoms with Crippen molar-refractivity contribution >= 4 is 0 Å². The predicted molar refractivity (Wildman–Crippen MR) is 61.1 cm³/mol. The largest absolute Gasteiger partial charge is 0.453 e. The molecule has 22 heavy (non-hydrogen) atoms. The first-order valence-corrected chi connectivity index (χ1v) is 5.85. The van der Waals surface area contributed by atoms with Gasteiger partial charge in [-0.15, -0.1) is 0 Å². The summed E-state index contributed by atoms with van der Waals surface area (Å²) in [5.74, 6) is -4.61. The predicted octanol–water partition coefficient (Wildman–Crippen LogP) is 1.88. The summed E-state index contributed by atoms with van der Waals surface area (Å²) < 4.78 is 92.9. The molecular weight excluding hydrogens is 326 g/mol. The van der Waals surface area contributed by atoms with Crippen molar-refractivity contribution in [3.63, 3.8) is 0 Å². The maximum atomic E-state index is 12.6. The van der Waals surface area contributed by atoms with Crippen LogP contribution in [0.5, 0.6) is 0 Å². The van der Waals surface area contributed by atoms with E-state index >= 15 is 0 Å². The standard InChI is InChI=1S/C10H14F6O5.CH4/c11-9(12,13)8(10(14,15)16)20-6-7(21-8)5-19-4-3-18-2-1-17;/h7,17H,1-6H2;1H4. The molecule has 1 atom stereocenters. The molecule has 1 heterocycles. The van der Waals surface area contributed by atoms with Crippen molar-refractivity contribution in [2.45, 2.75) is 31.7 Å². The molecule has 134 valence electrons. The zero-order valence-corrected chi connectivity index (χ0v) is 10.7. The van der Waals surface area contributed by atoms with Crippen LogP contribution in [0.4, 0.5) is 26.3 Å². The highest BCUT2D eigenvalue weighted by atomic mass is 19.4. The van der Waals surface area contributed by atoms with Gasteiger partial charge in [0.25, 0.3) is 0 Å². The Kier molecular flexibility index (Phi) is 8.06. The first kappa shape index (κ1) is 21.4. The highest BCUT2D eigenvalue weighted by Gasteiger charge is 2.77. The van der Waals surface area contributed by atoms with Crippen molar-refractivity contribution in [2.24, 2.45) is 0 Å². The molecule has 1 N–H and O–H groups in total. The van der Waals surface area contributed by atoms with E-state index in [1.165, 1.54) is 0 Å². The van der Waals surface area contributed by atoms with Crippen LogP contribution >= 0.6 is 0 Å². The normalized spacial score (nSPS) is 21.7. The number of alkyl halides is 6. The van der Waals surface area contributed by atoms with Gasteiger partial charge in [-0.1, -0.05) is 7.43 Å². The summed E-state index contributed by atoms with van der Waals surface area (Å²) in [5, 5.41) is 8.39. The summed E-state index contributed by atoms with van der Waals surface area (Å²) in [6, 6.07) is 0. The third-order valence-corrected chi connectivity index (χ3v) is 2.46. The fourth-order valence-electron chi connectivity index (χ4n) is 1.55. The van der Waals surface area contributed by atoms with E-state index in [4.69, 9.17) is 14.6 Å². The fourth-order valence-corrected chi connectivity index (χ4v) is 1.55. The molecule has 0 bridgehead atoms. The first-order chi connectivity index (χ1) is 9.64. The Hall–Kier alpha value is -0.620. The quantitative estimate of drug-likeness (QED) is 0.565. The van der Waals surface area contributed by atoms with Gasteiger partial charge in [0.2, 0.25) is 0 Å². The van der Waals surface area contributed by atoms with Crippen molar-refractivity contribution in [3.8, 4) is 0 Å². The molecule has 0 saturated carbocycles. The lowest BCUT2D eigenvalue weighted by atomic mass is 10.2. The van der Waals surface area contributed by atoms with E-state index in [1.54, 1.807) is 0 Å². The molecule has 1 fully saturated rings. The second kappa shape index (κ2) is 8.29. The van der Waals surface area contributed by atoms with Crippen LogP contribution in [0.25, 0.3) is 0 Å². The highest BCUT2D eigenvalue weighted by molar-refractivity contribution is 4.92. The molecule has 1 aliphatic heterocycles. The van der Waals surface area contributed by atoms with Crippen LogP contribution in [0.15, 0.2) is 0 Å². The van der Waals surface area contributed by atoms with Gasteiger partial charge in [0.15, 0.2) is 0 Å². The minimum atomic E-state index is -5.75. The lowest BCUT2D eigenvalue weighted by Gasteiger charge is -2.31. The maximum Gasteiger partial charge on any atom is 0.453 e. The van der Waals surface area contributed by atoms with Crippen LogP contribution in [0.1, 0.15) is 7.43 Å². The Bertz CT molecular complexity index is 305. The molecule has 0 spiro atoms. The summed E-state index contributed by atoms with van der Waals surface area (Å²) in [7, 11) is 0. The Morgan fingerprint density at radius 1 is 1.00 bits per heavy atom. The molecule has 0 aromatic heterocycles. The zero-order chi connectivity index (χ0) is 16.1. The Labute approximate surface area is 123 Å². The molecule has 1 unspecified atom stereocenters. The minimum Gasteiger partial charge on any atom is -0.394 e. The first-order valence-electron chi connectivity index (χ1n) is 5.85. The van der Waals surface area contributed by atoms with Crippen LogP contribution in [-0.4, -0.2) is 69.0 Å². The maximum absolute atomic E-state index is 12.6. The Balaban J connectivity index is 0.00000441. The van der Waals surface area contributed by atoms with Gasteiger partial charge in [-0.2, -0.15) is 26.3 Å². The highest BCUT2D eigenvalue weighted by Crippen LogP contribution is 2.49. The van der Waals surface area contributed by atoms with Crippen LogP contribution < -0.4 is 0 Å². The van der Waals surface area contributed by atoms with Gasteiger partial charge in [-0.3, -0.25) is 0 Å². The average molecular weight is 344 g/mol. The number of hydrogen-bond donors (Lipinski definition) is 1. The van der Waals surface area contributed by atoms with Gasteiger partial charge in [-0.25, -0.2) is 0 Å².